The van der Waals surface area contributed by atoms with E-state index in [1.807, 2.05) is 60.7 Å². The number of Topliss-reactive ketones (excluding diaryl/α,β-unsaturated/α-hetero) is 1. The van der Waals surface area contributed by atoms with Crippen molar-refractivity contribution in [3.63, 3.8) is 0 Å². The van der Waals surface area contributed by atoms with Gasteiger partial charge in [0.2, 0.25) is 0 Å². The van der Waals surface area contributed by atoms with Crippen LogP contribution in [0, 0.1) is 5.92 Å². The van der Waals surface area contributed by atoms with Crippen LogP contribution in [0.1, 0.15) is 28.4 Å². The van der Waals surface area contributed by atoms with E-state index in [0.29, 0.717) is 18.8 Å². The molecule has 0 unspecified atom stereocenters. The molecule has 0 bridgehead atoms. The third-order valence-electron chi connectivity index (χ3n) is 5.52. The van der Waals surface area contributed by atoms with Gasteiger partial charge in [0.15, 0.2) is 11.9 Å². The lowest BCUT2D eigenvalue weighted by molar-refractivity contribution is -0.144. The Morgan fingerprint density at radius 2 is 1.20 bits per heavy atom. The first kappa shape index (κ1) is 26.3. The van der Waals surface area contributed by atoms with Gasteiger partial charge in [-0.25, -0.2) is 4.79 Å². The van der Waals surface area contributed by atoms with Crippen molar-refractivity contribution in [2.24, 2.45) is 5.92 Å². The molecule has 0 spiro atoms. The van der Waals surface area contributed by atoms with Crippen molar-refractivity contribution in [2.75, 3.05) is 20.3 Å². The maximum atomic E-state index is 13.4. The van der Waals surface area contributed by atoms with Gasteiger partial charge in [0, 0.05) is 13.0 Å². The molecule has 0 aliphatic rings. The number of benzene rings is 3. The Bertz CT molecular complexity index is 1020. The Labute approximate surface area is 206 Å². The van der Waals surface area contributed by atoms with E-state index >= 15 is 0 Å². The highest BCUT2D eigenvalue weighted by atomic mass is 16.6. The number of methoxy groups -OCH3 is 1. The van der Waals surface area contributed by atoms with Crippen molar-refractivity contribution < 1.29 is 28.5 Å². The zero-order valence-electron chi connectivity index (χ0n) is 20.2. The largest absolute Gasteiger partial charge is 0.448 e. The maximum absolute atomic E-state index is 13.4. The van der Waals surface area contributed by atoms with Crippen LogP contribution >= 0.6 is 0 Å². The molecule has 3 aromatic rings. The molecular formula is C29H32O6. The molecule has 0 N–H and O–H groups in total. The van der Waals surface area contributed by atoms with Gasteiger partial charge in [-0.05, 0) is 23.3 Å². The SMILES string of the molecule is CO[C@H](COCc1ccccc1)[C@@H](OC(=O)c1ccccc1)C(=O)[C@H](C)COCc1ccccc1. The Kier molecular flexibility index (Phi) is 10.6. The van der Waals surface area contributed by atoms with E-state index in [-0.39, 0.29) is 19.0 Å². The van der Waals surface area contributed by atoms with E-state index in [2.05, 4.69) is 0 Å². The smallest absolute Gasteiger partial charge is 0.338 e. The number of hydrogen-bond donors (Lipinski definition) is 0. The highest BCUT2D eigenvalue weighted by molar-refractivity contribution is 5.93. The zero-order valence-corrected chi connectivity index (χ0v) is 20.2. The van der Waals surface area contributed by atoms with E-state index in [1.54, 1.807) is 37.3 Å². The predicted octanol–water partition coefficient (Wildman–Crippen LogP) is 4.87. The second-order valence-electron chi connectivity index (χ2n) is 8.27. The summed E-state index contributed by atoms with van der Waals surface area (Å²) in [5.41, 5.74) is 2.37. The standard InChI is InChI=1S/C29H32O6/c1-22(18-33-19-23-12-6-3-7-13-23)27(30)28(35-29(31)25-16-10-5-11-17-25)26(32-2)21-34-20-24-14-8-4-9-15-24/h3-17,22,26,28H,18-21H2,1-2H3/t22-,26-,28-/m1/s1. The second-order valence-corrected chi connectivity index (χ2v) is 8.27. The summed E-state index contributed by atoms with van der Waals surface area (Å²) in [6, 6.07) is 28.0. The molecule has 0 fully saturated rings. The number of esters is 1. The fourth-order valence-corrected chi connectivity index (χ4v) is 3.51. The van der Waals surface area contributed by atoms with E-state index < -0.39 is 24.1 Å². The summed E-state index contributed by atoms with van der Waals surface area (Å²) >= 11 is 0. The van der Waals surface area contributed by atoms with Gasteiger partial charge in [0.05, 0.1) is 32.0 Å². The lowest BCUT2D eigenvalue weighted by Gasteiger charge is -2.27. The summed E-state index contributed by atoms with van der Waals surface area (Å²) < 4.78 is 22.8. The Balaban J connectivity index is 1.65. The first-order chi connectivity index (χ1) is 17.1. The number of ether oxygens (including phenoxy) is 4. The summed E-state index contributed by atoms with van der Waals surface area (Å²) in [4.78, 5) is 26.2. The molecule has 3 aromatic carbocycles. The summed E-state index contributed by atoms with van der Waals surface area (Å²) in [5, 5.41) is 0. The summed E-state index contributed by atoms with van der Waals surface area (Å²) in [6.45, 7) is 2.77. The first-order valence-corrected chi connectivity index (χ1v) is 11.6. The topological polar surface area (TPSA) is 71.1 Å². The van der Waals surface area contributed by atoms with Gasteiger partial charge in [-0.15, -0.1) is 0 Å². The summed E-state index contributed by atoms with van der Waals surface area (Å²) in [7, 11) is 1.48. The molecule has 3 rings (SSSR count). The van der Waals surface area contributed by atoms with Crippen LogP contribution in [-0.4, -0.2) is 44.3 Å². The van der Waals surface area contributed by atoms with Gasteiger partial charge in [0.25, 0.3) is 0 Å². The quantitative estimate of drug-likeness (QED) is 0.309. The molecule has 184 valence electrons. The van der Waals surface area contributed by atoms with Crippen molar-refractivity contribution in [2.45, 2.75) is 32.3 Å². The van der Waals surface area contributed by atoms with Crippen LogP contribution in [0.5, 0.6) is 0 Å². The Morgan fingerprint density at radius 3 is 1.71 bits per heavy atom. The second kappa shape index (κ2) is 14.2. The number of carbonyl (C=O) groups is 2. The normalized spacial score (nSPS) is 13.5. The van der Waals surface area contributed by atoms with Crippen LogP contribution < -0.4 is 0 Å². The number of ketones is 1. The van der Waals surface area contributed by atoms with E-state index in [0.717, 1.165) is 11.1 Å². The molecule has 0 saturated heterocycles. The van der Waals surface area contributed by atoms with Gasteiger partial charge in [0.1, 0.15) is 6.10 Å². The monoisotopic (exact) mass is 476 g/mol. The summed E-state index contributed by atoms with van der Waals surface area (Å²) in [6.07, 6.45) is -1.91. The third-order valence-corrected chi connectivity index (χ3v) is 5.52. The number of carbonyl (C=O) groups excluding carboxylic acids is 2. The van der Waals surface area contributed by atoms with Crippen molar-refractivity contribution in [1.29, 1.82) is 0 Å². The molecule has 35 heavy (non-hydrogen) atoms. The highest BCUT2D eigenvalue weighted by Crippen LogP contribution is 2.16. The van der Waals surface area contributed by atoms with Gasteiger partial charge in [-0.1, -0.05) is 85.8 Å². The molecule has 0 saturated carbocycles. The molecule has 0 radical (unpaired) electrons. The Morgan fingerprint density at radius 1 is 0.714 bits per heavy atom. The zero-order chi connectivity index (χ0) is 24.9. The van der Waals surface area contributed by atoms with Crippen LogP contribution in [0.4, 0.5) is 0 Å². The average Bonchev–Trinajstić information content (AvgIpc) is 2.91. The van der Waals surface area contributed by atoms with Crippen LogP contribution in [0.15, 0.2) is 91.0 Å². The highest BCUT2D eigenvalue weighted by Gasteiger charge is 2.35. The van der Waals surface area contributed by atoms with Crippen molar-refractivity contribution in [1.82, 2.24) is 0 Å². The van der Waals surface area contributed by atoms with Crippen molar-refractivity contribution >= 4 is 11.8 Å². The number of rotatable bonds is 14. The van der Waals surface area contributed by atoms with Crippen LogP contribution in [0.2, 0.25) is 0 Å². The van der Waals surface area contributed by atoms with Crippen LogP contribution in [0.25, 0.3) is 0 Å². The van der Waals surface area contributed by atoms with E-state index in [4.69, 9.17) is 18.9 Å². The van der Waals surface area contributed by atoms with Gasteiger partial charge >= 0.3 is 5.97 Å². The summed E-state index contributed by atoms with van der Waals surface area (Å²) in [5.74, 6) is -1.39. The molecule has 6 heteroatoms. The molecular weight excluding hydrogens is 444 g/mol. The number of hydrogen-bond acceptors (Lipinski definition) is 6. The minimum absolute atomic E-state index is 0.0848. The van der Waals surface area contributed by atoms with Gasteiger partial charge in [-0.3, -0.25) is 4.79 Å². The molecule has 0 aliphatic heterocycles. The minimum atomic E-state index is -1.14. The van der Waals surface area contributed by atoms with E-state index in [9.17, 15) is 9.59 Å². The molecule has 0 aromatic heterocycles. The van der Waals surface area contributed by atoms with Gasteiger partial charge in [-0.2, -0.15) is 0 Å². The maximum Gasteiger partial charge on any atom is 0.338 e. The molecule has 0 amide bonds. The average molecular weight is 477 g/mol. The van der Waals surface area contributed by atoms with Gasteiger partial charge < -0.3 is 18.9 Å². The molecule has 0 aliphatic carbocycles. The lowest BCUT2D eigenvalue weighted by atomic mass is 9.98. The fraction of sp³-hybridized carbons (Fsp3) is 0.310. The minimum Gasteiger partial charge on any atom is -0.448 e. The van der Waals surface area contributed by atoms with Crippen molar-refractivity contribution in [3.8, 4) is 0 Å². The van der Waals surface area contributed by atoms with Crippen LogP contribution in [-0.2, 0) is 37.0 Å². The van der Waals surface area contributed by atoms with Crippen molar-refractivity contribution in [3.05, 3.63) is 108 Å². The van der Waals surface area contributed by atoms with E-state index in [1.165, 1.54) is 7.11 Å². The third kappa shape index (κ3) is 8.44. The molecule has 3 atom stereocenters. The molecule has 6 nitrogen and oxygen atoms in total. The predicted molar refractivity (Wildman–Crippen MR) is 133 cm³/mol. The fourth-order valence-electron chi connectivity index (χ4n) is 3.51. The first-order valence-electron chi connectivity index (χ1n) is 11.6. The lowest BCUT2D eigenvalue weighted by Crippen LogP contribution is -2.45. The molecule has 0 heterocycles. The Hall–Kier alpha value is -3.32. The van der Waals surface area contributed by atoms with Crippen LogP contribution in [0.3, 0.4) is 0 Å².